The Bertz CT molecular complexity index is 660. The van der Waals surface area contributed by atoms with E-state index in [-0.39, 0.29) is 31.9 Å². The number of hydroxylamine groups is 2. The lowest BCUT2D eigenvalue weighted by Crippen LogP contribution is -2.50. The van der Waals surface area contributed by atoms with E-state index in [1.54, 1.807) is 0 Å². The Morgan fingerprint density at radius 3 is 2.88 bits per heavy atom. The molecular weight excluding hydrogens is 339 g/mol. The summed E-state index contributed by atoms with van der Waals surface area (Å²) in [5.41, 5.74) is 0. The van der Waals surface area contributed by atoms with Gasteiger partial charge in [0.05, 0.1) is 25.7 Å². The van der Waals surface area contributed by atoms with E-state index >= 15 is 0 Å². The summed E-state index contributed by atoms with van der Waals surface area (Å²) < 4.78 is 19.3. The molecule has 0 aromatic carbocycles. The number of carbonyl (C=O) groups is 3. The molecule has 0 radical (unpaired) electrons. The van der Waals surface area contributed by atoms with Gasteiger partial charge in [0.25, 0.3) is 0 Å². The molecule has 0 bridgehead atoms. The molecule has 2 fully saturated rings. The van der Waals surface area contributed by atoms with Crippen LogP contribution in [-0.4, -0.2) is 59.0 Å². The van der Waals surface area contributed by atoms with Gasteiger partial charge in [0.2, 0.25) is 11.8 Å². The van der Waals surface area contributed by atoms with Gasteiger partial charge in [-0.05, 0) is 6.08 Å². The first-order valence-electron chi connectivity index (χ1n) is 7.75. The first-order valence-corrected chi connectivity index (χ1v) is 7.75. The normalized spacial score (nSPS) is 30.0. The third-order valence-corrected chi connectivity index (χ3v) is 4.01. The minimum atomic E-state index is -1.37. The Kier molecular flexibility index (Phi) is 4.95. The fourth-order valence-corrected chi connectivity index (χ4v) is 2.97. The summed E-state index contributed by atoms with van der Waals surface area (Å²) in [6.07, 6.45) is 1.78. The van der Waals surface area contributed by atoms with Crippen LogP contribution >= 0.6 is 0 Å². The van der Waals surface area contributed by atoms with E-state index in [2.05, 4.69) is 0 Å². The number of rotatable bonds is 4. The highest BCUT2D eigenvalue weighted by Gasteiger charge is 2.54. The zero-order valence-corrected chi connectivity index (χ0v) is 13.4. The number of hydrogen-bond acceptors (Lipinski definition) is 8. The maximum atomic E-state index is 14.6. The second-order valence-corrected chi connectivity index (χ2v) is 5.68. The summed E-state index contributed by atoms with van der Waals surface area (Å²) in [6.45, 7) is 1.07. The molecule has 25 heavy (non-hydrogen) atoms. The van der Waals surface area contributed by atoms with Crippen molar-refractivity contribution in [2.75, 3.05) is 19.8 Å². The van der Waals surface area contributed by atoms with Gasteiger partial charge in [0, 0.05) is 13.3 Å². The minimum Gasteiger partial charge on any atom is -0.424 e. The minimum absolute atomic E-state index is 0.0321. The van der Waals surface area contributed by atoms with E-state index in [0.717, 1.165) is 17.1 Å². The number of imide groups is 1. The van der Waals surface area contributed by atoms with E-state index in [1.165, 1.54) is 12.2 Å². The van der Waals surface area contributed by atoms with E-state index in [1.807, 2.05) is 0 Å². The number of esters is 1. The van der Waals surface area contributed by atoms with Crippen molar-refractivity contribution in [3.8, 4) is 0 Å². The summed E-state index contributed by atoms with van der Waals surface area (Å²) in [6, 6.07) is 0. The molecular formula is C15H17FN2O7. The lowest BCUT2D eigenvalue weighted by Gasteiger charge is -2.34. The summed E-state index contributed by atoms with van der Waals surface area (Å²) >= 11 is 0. The first kappa shape index (κ1) is 17.7. The van der Waals surface area contributed by atoms with Crippen LogP contribution in [0.1, 0.15) is 13.3 Å². The summed E-state index contributed by atoms with van der Waals surface area (Å²) in [4.78, 5) is 47.6. The van der Waals surface area contributed by atoms with Crippen LogP contribution in [-0.2, 0) is 28.8 Å². The summed E-state index contributed by atoms with van der Waals surface area (Å²) in [7, 11) is 0. The largest absolute Gasteiger partial charge is 0.424 e. The zero-order chi connectivity index (χ0) is 18.1. The molecule has 3 unspecified atom stereocenters. The molecule has 0 aromatic heterocycles. The van der Waals surface area contributed by atoms with Crippen molar-refractivity contribution < 1.29 is 38.3 Å². The van der Waals surface area contributed by atoms with Crippen LogP contribution in [0.2, 0.25) is 0 Å². The van der Waals surface area contributed by atoms with Crippen molar-refractivity contribution in [2.45, 2.75) is 19.6 Å². The molecule has 10 heteroatoms. The van der Waals surface area contributed by atoms with Crippen LogP contribution in [0.5, 0.6) is 0 Å². The molecule has 0 spiro atoms. The van der Waals surface area contributed by atoms with Crippen molar-refractivity contribution in [3.63, 3.8) is 0 Å². The van der Waals surface area contributed by atoms with Gasteiger partial charge in [-0.2, -0.15) is 0 Å². The molecule has 3 aliphatic rings. The van der Waals surface area contributed by atoms with Crippen molar-refractivity contribution >= 4 is 17.8 Å². The van der Waals surface area contributed by atoms with Gasteiger partial charge >= 0.3 is 5.97 Å². The number of hydrogen-bond donors (Lipinski definition) is 1. The molecule has 2 aliphatic heterocycles. The predicted molar refractivity (Wildman–Crippen MR) is 77.1 cm³/mol. The molecule has 2 heterocycles. The van der Waals surface area contributed by atoms with Crippen LogP contribution in [0.4, 0.5) is 4.39 Å². The molecule has 2 saturated heterocycles. The Morgan fingerprint density at radius 2 is 2.20 bits per heavy atom. The topological polar surface area (TPSA) is 106 Å². The number of likely N-dealkylation sites (tertiary alicyclic amines) is 1. The van der Waals surface area contributed by atoms with Gasteiger partial charge in [-0.1, -0.05) is 11.3 Å². The van der Waals surface area contributed by atoms with Crippen molar-refractivity contribution in [3.05, 3.63) is 23.7 Å². The Labute approximate surface area is 142 Å². The van der Waals surface area contributed by atoms with Crippen molar-refractivity contribution in [1.82, 2.24) is 10.1 Å². The second-order valence-electron chi connectivity index (χ2n) is 5.68. The number of halogens is 1. The highest BCUT2D eigenvalue weighted by atomic mass is 19.1. The van der Waals surface area contributed by atoms with Gasteiger partial charge < -0.3 is 9.84 Å². The van der Waals surface area contributed by atoms with Gasteiger partial charge in [-0.15, -0.1) is 0 Å². The fraction of sp³-hybridized carbons (Fsp3) is 0.533. The van der Waals surface area contributed by atoms with E-state index in [4.69, 9.17) is 19.5 Å². The maximum Gasteiger partial charge on any atom is 0.308 e. The van der Waals surface area contributed by atoms with Crippen LogP contribution in [0.3, 0.4) is 0 Å². The average Bonchev–Trinajstić information content (AvgIpc) is 2.82. The lowest BCUT2D eigenvalue weighted by molar-refractivity contribution is -0.426. The van der Waals surface area contributed by atoms with Crippen LogP contribution < -0.4 is 0 Å². The molecule has 136 valence electrons. The molecule has 2 amide bonds. The molecule has 0 aromatic rings. The third-order valence-electron chi connectivity index (χ3n) is 4.01. The number of fused-ring (bicyclic) bond motifs is 1. The molecule has 0 saturated carbocycles. The lowest BCUT2D eigenvalue weighted by atomic mass is 9.89. The van der Waals surface area contributed by atoms with E-state index < -0.39 is 41.7 Å². The monoisotopic (exact) mass is 356 g/mol. The van der Waals surface area contributed by atoms with Crippen molar-refractivity contribution in [1.29, 1.82) is 0 Å². The van der Waals surface area contributed by atoms with Gasteiger partial charge in [-0.25, -0.2) is 9.23 Å². The van der Waals surface area contributed by atoms with Gasteiger partial charge in [0.1, 0.15) is 5.92 Å². The van der Waals surface area contributed by atoms with Gasteiger partial charge in [0.15, 0.2) is 17.8 Å². The zero-order valence-electron chi connectivity index (χ0n) is 13.4. The number of nitrogens with zero attached hydrogens (tertiary/aromatic N) is 2. The third kappa shape index (κ3) is 3.21. The Morgan fingerprint density at radius 1 is 1.44 bits per heavy atom. The average molecular weight is 356 g/mol. The van der Waals surface area contributed by atoms with Crippen LogP contribution in [0.25, 0.3) is 0 Å². The summed E-state index contributed by atoms with van der Waals surface area (Å²) in [5.74, 6) is -5.80. The number of allylic oxidation sites excluding steroid dienone is 1. The molecule has 1 aliphatic carbocycles. The van der Waals surface area contributed by atoms with E-state index in [0.29, 0.717) is 0 Å². The Balaban J connectivity index is 1.82. The molecule has 3 rings (SSSR count). The number of amides is 2. The number of aliphatic hydroxyl groups is 1. The predicted octanol–water partition coefficient (Wildman–Crippen LogP) is -0.211. The van der Waals surface area contributed by atoms with E-state index in [9.17, 15) is 18.8 Å². The highest BCUT2D eigenvalue weighted by molar-refractivity contribution is 6.07. The number of carbonyl (C=O) groups excluding carboxylic acids is 3. The maximum absolute atomic E-state index is 14.6. The number of aliphatic hydroxyl groups excluding tert-OH is 1. The molecule has 3 atom stereocenters. The SMILES string of the molecule is CC(=O)OC1=C(F)C2C(=O)N(C3CCON(CCO)O3)C(=O)C2C=C1. The molecule has 9 nitrogen and oxygen atoms in total. The quantitative estimate of drug-likeness (QED) is 0.545. The van der Waals surface area contributed by atoms with Crippen LogP contribution in [0, 0.1) is 11.8 Å². The first-order chi connectivity index (χ1) is 11.9. The molecule has 1 N–H and O–H groups in total. The van der Waals surface area contributed by atoms with Crippen molar-refractivity contribution in [2.24, 2.45) is 11.8 Å². The Hall–Kier alpha value is -2.14. The number of β-amino-alcohol motifs (C(OH)–C–C–N with tert-alkyl or cyclic N) is 1. The van der Waals surface area contributed by atoms with Gasteiger partial charge in [-0.3, -0.25) is 24.1 Å². The number of ether oxygens (including phenoxy) is 1. The second kappa shape index (κ2) is 7.00. The highest BCUT2D eigenvalue weighted by Crippen LogP contribution is 2.40. The standard InChI is InChI=1S/C15H17FN2O7/c1-8(20)24-10-3-2-9-12(13(10)16)15(22)18(14(9)21)11-4-7-23-17(25-11)5-6-19/h2-3,9,11-12,19H,4-7H2,1H3. The van der Waals surface area contributed by atoms with Crippen LogP contribution in [0.15, 0.2) is 23.7 Å². The fourth-order valence-electron chi connectivity index (χ4n) is 2.97. The summed E-state index contributed by atoms with van der Waals surface area (Å²) in [5, 5.41) is 9.91. The smallest absolute Gasteiger partial charge is 0.308 e.